The lowest BCUT2D eigenvalue weighted by Gasteiger charge is -2.14. The summed E-state index contributed by atoms with van der Waals surface area (Å²) in [6, 6.07) is 13.0. The predicted molar refractivity (Wildman–Crippen MR) is 118 cm³/mol. The van der Waals surface area contributed by atoms with Crippen LogP contribution >= 0.6 is 24.0 Å². The van der Waals surface area contributed by atoms with Crippen LogP contribution in [0.2, 0.25) is 0 Å². The number of nitrogens with one attached hydrogen (secondary N) is 1. The maximum absolute atomic E-state index is 11.9. The van der Waals surface area contributed by atoms with Gasteiger partial charge in [0, 0.05) is 12.0 Å². The Bertz CT molecular complexity index is 912. The van der Waals surface area contributed by atoms with E-state index >= 15 is 0 Å². The van der Waals surface area contributed by atoms with Gasteiger partial charge in [-0.3, -0.25) is 4.79 Å². The molecule has 1 aliphatic rings. The first kappa shape index (κ1) is 21.0. The summed E-state index contributed by atoms with van der Waals surface area (Å²) in [5.41, 5.74) is 0.753. The first-order chi connectivity index (χ1) is 14.1. The number of benzene rings is 2. The van der Waals surface area contributed by atoms with Gasteiger partial charge in [-0.15, -0.1) is 0 Å². The van der Waals surface area contributed by atoms with Crippen molar-refractivity contribution < 1.29 is 23.7 Å². The fourth-order valence-corrected chi connectivity index (χ4v) is 3.65. The SMILES string of the molecule is COc1ccc(OCCCOc2c(C=C3SC(=S)NC3=O)cccc2OC)cc1. The van der Waals surface area contributed by atoms with Crippen LogP contribution < -0.4 is 24.3 Å². The molecular formula is C21H21NO5S2. The summed E-state index contributed by atoms with van der Waals surface area (Å²) in [7, 11) is 3.21. The lowest BCUT2D eigenvalue weighted by Crippen LogP contribution is -2.17. The van der Waals surface area contributed by atoms with Gasteiger partial charge in [0.2, 0.25) is 0 Å². The van der Waals surface area contributed by atoms with E-state index in [-0.39, 0.29) is 5.91 Å². The van der Waals surface area contributed by atoms with E-state index in [0.29, 0.717) is 40.4 Å². The van der Waals surface area contributed by atoms with Crippen LogP contribution in [-0.4, -0.2) is 37.7 Å². The summed E-state index contributed by atoms with van der Waals surface area (Å²) in [5, 5.41) is 2.61. The number of thiocarbonyl (C=S) groups is 1. The van der Waals surface area contributed by atoms with Crippen molar-refractivity contribution in [3.05, 3.63) is 52.9 Å². The maximum Gasteiger partial charge on any atom is 0.263 e. The van der Waals surface area contributed by atoms with Gasteiger partial charge in [-0.2, -0.15) is 0 Å². The number of carbonyl (C=O) groups is 1. The molecule has 1 fully saturated rings. The summed E-state index contributed by atoms with van der Waals surface area (Å²) in [6.45, 7) is 0.939. The van der Waals surface area contributed by atoms with Gasteiger partial charge in [-0.25, -0.2) is 0 Å². The third-order valence-corrected chi connectivity index (χ3v) is 5.18. The molecule has 8 heteroatoms. The number of amides is 1. The van der Waals surface area contributed by atoms with Gasteiger partial charge < -0.3 is 24.3 Å². The lowest BCUT2D eigenvalue weighted by atomic mass is 10.1. The highest BCUT2D eigenvalue weighted by Crippen LogP contribution is 2.35. The number of hydrogen-bond donors (Lipinski definition) is 1. The van der Waals surface area contributed by atoms with Crippen molar-refractivity contribution in [3.63, 3.8) is 0 Å². The molecule has 1 aliphatic heterocycles. The molecule has 0 spiro atoms. The van der Waals surface area contributed by atoms with Crippen LogP contribution in [0.25, 0.3) is 6.08 Å². The summed E-state index contributed by atoms with van der Waals surface area (Å²) < 4.78 is 22.7. The molecule has 0 atom stereocenters. The Labute approximate surface area is 179 Å². The van der Waals surface area contributed by atoms with Crippen LogP contribution in [0.3, 0.4) is 0 Å². The molecule has 2 aromatic rings. The number of thioether (sulfide) groups is 1. The fraction of sp³-hybridized carbons (Fsp3) is 0.238. The Morgan fingerprint density at radius 1 is 1.00 bits per heavy atom. The van der Waals surface area contributed by atoms with Gasteiger partial charge in [0.25, 0.3) is 5.91 Å². The highest BCUT2D eigenvalue weighted by Gasteiger charge is 2.23. The number of rotatable bonds is 9. The number of para-hydroxylation sites is 1. The molecule has 6 nitrogen and oxygen atoms in total. The number of carbonyl (C=O) groups excluding carboxylic acids is 1. The number of methoxy groups -OCH3 is 2. The van der Waals surface area contributed by atoms with Crippen molar-refractivity contribution in [2.24, 2.45) is 0 Å². The molecule has 0 radical (unpaired) electrons. The molecule has 1 N–H and O–H groups in total. The van der Waals surface area contributed by atoms with E-state index in [1.54, 1.807) is 20.3 Å². The minimum atomic E-state index is -0.207. The van der Waals surface area contributed by atoms with Gasteiger partial charge in [0.05, 0.1) is 32.3 Å². The zero-order chi connectivity index (χ0) is 20.6. The third-order valence-electron chi connectivity index (χ3n) is 4.02. The molecule has 0 saturated carbocycles. The average molecular weight is 432 g/mol. The summed E-state index contributed by atoms with van der Waals surface area (Å²) in [4.78, 5) is 12.5. The van der Waals surface area contributed by atoms with Crippen molar-refractivity contribution in [3.8, 4) is 23.0 Å². The predicted octanol–water partition coefficient (Wildman–Crippen LogP) is 4.04. The van der Waals surface area contributed by atoms with Crippen LogP contribution in [0, 0.1) is 0 Å². The fourth-order valence-electron chi connectivity index (χ4n) is 2.62. The van der Waals surface area contributed by atoms with E-state index in [2.05, 4.69) is 5.32 Å². The Morgan fingerprint density at radius 3 is 2.38 bits per heavy atom. The summed E-state index contributed by atoms with van der Waals surface area (Å²) >= 11 is 6.27. The van der Waals surface area contributed by atoms with Gasteiger partial charge >= 0.3 is 0 Å². The molecule has 0 aliphatic carbocycles. The van der Waals surface area contributed by atoms with E-state index in [1.165, 1.54) is 11.8 Å². The molecule has 0 bridgehead atoms. The van der Waals surface area contributed by atoms with Gasteiger partial charge in [0.15, 0.2) is 11.5 Å². The monoisotopic (exact) mass is 431 g/mol. The van der Waals surface area contributed by atoms with Crippen molar-refractivity contribution in [1.82, 2.24) is 5.32 Å². The minimum absolute atomic E-state index is 0.207. The molecule has 29 heavy (non-hydrogen) atoms. The largest absolute Gasteiger partial charge is 0.497 e. The van der Waals surface area contributed by atoms with Gasteiger partial charge in [0.1, 0.15) is 15.8 Å². The molecule has 152 valence electrons. The Hall–Kier alpha value is -2.71. The first-order valence-electron chi connectivity index (χ1n) is 8.92. The zero-order valence-corrected chi connectivity index (χ0v) is 17.7. The molecule has 1 saturated heterocycles. The van der Waals surface area contributed by atoms with Crippen molar-refractivity contribution >= 4 is 40.3 Å². The van der Waals surface area contributed by atoms with Crippen LogP contribution in [0.5, 0.6) is 23.0 Å². The molecule has 1 heterocycles. The highest BCUT2D eigenvalue weighted by molar-refractivity contribution is 8.26. The second-order valence-corrected chi connectivity index (χ2v) is 7.68. The number of ether oxygens (including phenoxy) is 4. The van der Waals surface area contributed by atoms with Crippen molar-refractivity contribution in [1.29, 1.82) is 0 Å². The summed E-state index contributed by atoms with van der Waals surface area (Å²) in [5.74, 6) is 2.53. The molecule has 3 rings (SSSR count). The van der Waals surface area contributed by atoms with Crippen LogP contribution in [-0.2, 0) is 4.79 Å². The quantitative estimate of drug-likeness (QED) is 0.365. The number of hydrogen-bond acceptors (Lipinski definition) is 7. The van der Waals surface area contributed by atoms with Crippen LogP contribution in [0.15, 0.2) is 47.4 Å². The lowest BCUT2D eigenvalue weighted by molar-refractivity contribution is -0.115. The minimum Gasteiger partial charge on any atom is -0.497 e. The smallest absolute Gasteiger partial charge is 0.263 e. The average Bonchev–Trinajstić information content (AvgIpc) is 3.05. The van der Waals surface area contributed by atoms with Crippen LogP contribution in [0.4, 0.5) is 0 Å². The third kappa shape index (κ3) is 5.65. The standard InChI is InChI=1S/C21H21NO5S2/c1-24-15-7-9-16(10-8-15)26-11-4-12-27-19-14(5-3-6-17(19)25-2)13-18-20(23)22-21(28)29-18/h3,5-10,13H,4,11-12H2,1-2H3,(H,22,23,28). The Balaban J connectivity index is 1.60. The van der Waals surface area contributed by atoms with E-state index in [1.807, 2.05) is 42.5 Å². The molecule has 1 amide bonds. The van der Waals surface area contributed by atoms with E-state index in [9.17, 15) is 4.79 Å². The first-order valence-corrected chi connectivity index (χ1v) is 10.1. The zero-order valence-electron chi connectivity index (χ0n) is 16.1. The highest BCUT2D eigenvalue weighted by atomic mass is 32.2. The Kier molecular flexibility index (Phi) is 7.37. The normalized spacial score (nSPS) is 14.6. The molecule has 0 aromatic heterocycles. The van der Waals surface area contributed by atoms with E-state index < -0.39 is 0 Å². The molecule has 0 unspecified atom stereocenters. The van der Waals surface area contributed by atoms with Gasteiger partial charge in [-0.1, -0.05) is 36.1 Å². The van der Waals surface area contributed by atoms with E-state index in [4.69, 9.17) is 31.2 Å². The maximum atomic E-state index is 11.9. The Morgan fingerprint density at radius 2 is 1.72 bits per heavy atom. The van der Waals surface area contributed by atoms with Crippen molar-refractivity contribution in [2.45, 2.75) is 6.42 Å². The topological polar surface area (TPSA) is 66.0 Å². The second kappa shape index (κ2) is 10.2. The molecule has 2 aromatic carbocycles. The van der Waals surface area contributed by atoms with Crippen molar-refractivity contribution in [2.75, 3.05) is 27.4 Å². The van der Waals surface area contributed by atoms with Gasteiger partial charge in [-0.05, 0) is 36.4 Å². The molecular weight excluding hydrogens is 410 g/mol. The van der Waals surface area contributed by atoms with Crippen LogP contribution in [0.1, 0.15) is 12.0 Å². The summed E-state index contributed by atoms with van der Waals surface area (Å²) in [6.07, 6.45) is 2.43. The van der Waals surface area contributed by atoms with E-state index in [0.717, 1.165) is 17.1 Å². The second-order valence-electron chi connectivity index (χ2n) is 5.96.